The molecule has 0 radical (unpaired) electrons. The molecule has 0 fully saturated rings. The van der Waals surface area contributed by atoms with Crippen LogP contribution in [-0.4, -0.2) is 18.2 Å². The van der Waals surface area contributed by atoms with Gasteiger partial charge in [-0.1, -0.05) is 53.2 Å². The molecule has 0 aliphatic rings. The molecule has 24 heavy (non-hydrogen) atoms. The van der Waals surface area contributed by atoms with Crippen LogP contribution >= 0.6 is 11.6 Å². The van der Waals surface area contributed by atoms with Crippen molar-refractivity contribution in [3.63, 3.8) is 0 Å². The van der Waals surface area contributed by atoms with Gasteiger partial charge >= 0.3 is 5.97 Å². The number of carbonyl (C=O) groups is 1. The number of aromatic nitrogens is 1. The van der Waals surface area contributed by atoms with Crippen LogP contribution in [0.2, 0.25) is 5.02 Å². The Hall–Kier alpha value is -2.59. The summed E-state index contributed by atoms with van der Waals surface area (Å²) in [5.41, 5.74) is 4.24. The van der Waals surface area contributed by atoms with Crippen molar-refractivity contribution in [1.29, 1.82) is 0 Å². The molecule has 3 aromatic rings. The number of hydrogen-bond acceptors (Lipinski definition) is 4. The lowest BCUT2D eigenvalue weighted by atomic mass is 10.0. The van der Waals surface area contributed by atoms with Crippen molar-refractivity contribution in [2.75, 3.05) is 7.11 Å². The van der Waals surface area contributed by atoms with E-state index in [1.807, 2.05) is 49.4 Å². The van der Waals surface area contributed by atoms with E-state index in [1.54, 1.807) is 6.07 Å². The lowest BCUT2D eigenvalue weighted by molar-refractivity contribution is -0.139. The van der Waals surface area contributed by atoms with Gasteiger partial charge < -0.3 is 9.26 Å². The van der Waals surface area contributed by atoms with Gasteiger partial charge in [0, 0.05) is 16.7 Å². The fraction of sp³-hybridized carbons (Fsp3) is 0.158. The number of methoxy groups -OCH3 is 1. The lowest BCUT2D eigenvalue weighted by Crippen LogP contribution is -2.04. The highest BCUT2D eigenvalue weighted by Gasteiger charge is 2.18. The zero-order valence-electron chi connectivity index (χ0n) is 13.4. The van der Waals surface area contributed by atoms with E-state index in [1.165, 1.54) is 7.11 Å². The summed E-state index contributed by atoms with van der Waals surface area (Å²) >= 11 is 6.38. The second-order valence-corrected chi connectivity index (χ2v) is 5.83. The molecule has 0 N–H and O–H groups in total. The number of rotatable bonds is 4. The summed E-state index contributed by atoms with van der Waals surface area (Å²) in [5, 5.41) is 4.69. The van der Waals surface area contributed by atoms with Crippen LogP contribution < -0.4 is 0 Å². The van der Waals surface area contributed by atoms with E-state index in [2.05, 4.69) is 9.89 Å². The van der Waals surface area contributed by atoms with Gasteiger partial charge in [-0.2, -0.15) is 0 Å². The molecule has 3 rings (SSSR count). The minimum absolute atomic E-state index is 0.182. The van der Waals surface area contributed by atoms with Gasteiger partial charge in [-0.25, -0.2) is 0 Å². The molecule has 0 amide bonds. The summed E-state index contributed by atoms with van der Waals surface area (Å²) in [4.78, 5) is 11.4. The Morgan fingerprint density at radius 3 is 2.62 bits per heavy atom. The smallest absolute Gasteiger partial charge is 0.309 e. The Kier molecular flexibility index (Phi) is 4.67. The molecule has 0 bridgehead atoms. The maximum Gasteiger partial charge on any atom is 0.309 e. The third kappa shape index (κ3) is 3.19. The van der Waals surface area contributed by atoms with Crippen molar-refractivity contribution < 1.29 is 14.1 Å². The first-order chi connectivity index (χ1) is 11.6. The molecular weight excluding hydrogens is 326 g/mol. The number of carbonyl (C=O) groups excluding carboxylic acids is 1. The first-order valence-corrected chi connectivity index (χ1v) is 7.85. The topological polar surface area (TPSA) is 52.3 Å². The van der Waals surface area contributed by atoms with Gasteiger partial charge in [0.1, 0.15) is 5.69 Å². The van der Waals surface area contributed by atoms with Crippen LogP contribution in [0.3, 0.4) is 0 Å². The summed E-state index contributed by atoms with van der Waals surface area (Å²) < 4.78 is 10.2. The molecule has 0 spiro atoms. The van der Waals surface area contributed by atoms with Gasteiger partial charge in [0.25, 0.3) is 0 Å². The molecule has 4 nitrogen and oxygen atoms in total. The van der Waals surface area contributed by atoms with Crippen LogP contribution in [0, 0.1) is 6.92 Å². The predicted molar refractivity (Wildman–Crippen MR) is 92.8 cm³/mol. The van der Waals surface area contributed by atoms with Crippen LogP contribution in [-0.2, 0) is 16.0 Å². The van der Waals surface area contributed by atoms with Crippen molar-refractivity contribution in [3.8, 4) is 22.6 Å². The van der Waals surface area contributed by atoms with Gasteiger partial charge in [-0.3, -0.25) is 4.79 Å². The minimum Gasteiger partial charge on any atom is -0.469 e. The van der Waals surface area contributed by atoms with Gasteiger partial charge in [-0.15, -0.1) is 0 Å². The van der Waals surface area contributed by atoms with Crippen molar-refractivity contribution in [2.45, 2.75) is 13.3 Å². The molecule has 2 aromatic carbocycles. The monoisotopic (exact) mass is 341 g/mol. The lowest BCUT2D eigenvalue weighted by Gasteiger charge is -2.05. The van der Waals surface area contributed by atoms with Crippen LogP contribution in [0.15, 0.2) is 53.1 Å². The molecule has 1 aromatic heterocycles. The van der Waals surface area contributed by atoms with E-state index in [-0.39, 0.29) is 12.4 Å². The third-order valence-corrected chi connectivity index (χ3v) is 4.14. The first kappa shape index (κ1) is 16.3. The summed E-state index contributed by atoms with van der Waals surface area (Å²) in [6, 6.07) is 15.3. The highest BCUT2D eigenvalue weighted by atomic mass is 35.5. The minimum atomic E-state index is -0.305. The average molecular weight is 342 g/mol. The highest BCUT2D eigenvalue weighted by Crippen LogP contribution is 2.35. The van der Waals surface area contributed by atoms with Gasteiger partial charge in [0.2, 0.25) is 0 Å². The number of hydrogen-bond donors (Lipinski definition) is 0. The van der Waals surface area contributed by atoms with Crippen LogP contribution in [0.4, 0.5) is 0 Å². The zero-order valence-corrected chi connectivity index (χ0v) is 14.1. The Morgan fingerprint density at radius 1 is 1.21 bits per heavy atom. The number of ether oxygens (including phenoxy) is 1. The maximum absolute atomic E-state index is 11.4. The Labute approximate surface area is 145 Å². The van der Waals surface area contributed by atoms with Crippen LogP contribution in [0.5, 0.6) is 0 Å². The highest BCUT2D eigenvalue weighted by molar-refractivity contribution is 6.33. The van der Waals surface area contributed by atoms with E-state index < -0.39 is 0 Å². The van der Waals surface area contributed by atoms with Crippen molar-refractivity contribution in [2.24, 2.45) is 0 Å². The van der Waals surface area contributed by atoms with Crippen molar-refractivity contribution >= 4 is 17.6 Å². The number of nitrogens with zero attached hydrogens (tertiary/aromatic N) is 1. The number of benzene rings is 2. The summed E-state index contributed by atoms with van der Waals surface area (Å²) in [7, 11) is 1.36. The SMILES string of the molecule is COC(=O)Cc1ccc(-c2onc(-c3ccccc3)c2C)c(Cl)c1. The maximum atomic E-state index is 11.4. The zero-order chi connectivity index (χ0) is 17.1. The van der Waals surface area contributed by atoms with E-state index >= 15 is 0 Å². The fourth-order valence-electron chi connectivity index (χ4n) is 2.54. The van der Waals surface area contributed by atoms with Crippen LogP contribution in [0.1, 0.15) is 11.1 Å². The summed E-state index contributed by atoms with van der Waals surface area (Å²) in [6.07, 6.45) is 0.182. The number of esters is 1. The van der Waals surface area contributed by atoms with Gasteiger partial charge in [0.15, 0.2) is 5.76 Å². The molecule has 0 saturated carbocycles. The normalized spacial score (nSPS) is 10.6. The standard InChI is InChI=1S/C19H16ClNO3/c1-12-18(14-6-4-3-5-7-14)21-24-19(12)15-9-8-13(10-16(15)20)11-17(22)23-2/h3-10H,11H2,1-2H3. The van der Waals surface area contributed by atoms with Crippen LogP contribution in [0.25, 0.3) is 22.6 Å². The molecule has 0 atom stereocenters. The van der Waals surface area contributed by atoms with E-state index in [0.717, 1.165) is 27.9 Å². The van der Waals surface area contributed by atoms with E-state index in [4.69, 9.17) is 16.1 Å². The fourth-order valence-corrected chi connectivity index (χ4v) is 2.83. The predicted octanol–water partition coefficient (Wildman–Crippen LogP) is 4.69. The molecule has 0 aliphatic carbocycles. The van der Waals surface area contributed by atoms with E-state index in [9.17, 15) is 4.79 Å². The van der Waals surface area contributed by atoms with Crippen molar-refractivity contribution in [3.05, 3.63) is 64.7 Å². The number of halogens is 1. The Bertz CT molecular complexity index is 872. The molecule has 0 saturated heterocycles. The quantitative estimate of drug-likeness (QED) is 0.646. The largest absolute Gasteiger partial charge is 0.469 e. The van der Waals surface area contributed by atoms with E-state index in [0.29, 0.717) is 10.8 Å². The Morgan fingerprint density at radius 2 is 1.96 bits per heavy atom. The molecule has 122 valence electrons. The third-order valence-electron chi connectivity index (χ3n) is 3.83. The molecule has 5 heteroatoms. The average Bonchev–Trinajstić information content (AvgIpc) is 2.97. The second kappa shape index (κ2) is 6.89. The molecule has 0 aliphatic heterocycles. The molecular formula is C19H16ClNO3. The molecule has 1 heterocycles. The second-order valence-electron chi connectivity index (χ2n) is 5.42. The molecule has 0 unspecified atom stereocenters. The van der Waals surface area contributed by atoms with Gasteiger partial charge in [0.05, 0.1) is 18.6 Å². The Balaban J connectivity index is 1.95. The first-order valence-electron chi connectivity index (χ1n) is 7.47. The summed E-state index contributed by atoms with van der Waals surface area (Å²) in [5.74, 6) is 0.324. The van der Waals surface area contributed by atoms with Crippen molar-refractivity contribution in [1.82, 2.24) is 5.16 Å². The summed E-state index contributed by atoms with van der Waals surface area (Å²) in [6.45, 7) is 1.95. The van der Waals surface area contributed by atoms with Gasteiger partial charge in [-0.05, 0) is 24.6 Å².